The number of rotatable bonds is 5. The van der Waals surface area contributed by atoms with Crippen LogP contribution in [0.4, 0.5) is 0 Å². The molecule has 0 bridgehead atoms. The normalized spacial score (nSPS) is 14.7. The van der Waals surface area contributed by atoms with Crippen molar-refractivity contribution >= 4 is 11.8 Å². The van der Waals surface area contributed by atoms with Crippen LogP contribution in [0.1, 0.15) is 30.0 Å². The molecule has 1 aromatic carbocycles. The Bertz CT molecular complexity index is 672. The summed E-state index contributed by atoms with van der Waals surface area (Å²) < 4.78 is 1.77. The molecule has 1 aliphatic carbocycles. The maximum atomic E-state index is 11.8. The lowest BCUT2D eigenvalue weighted by atomic mass is 10.1. The molecule has 106 valence electrons. The molecule has 1 heterocycles. The SMILES string of the molecule is Cc1ccc(Sc2n[nH]c(=O)n2C2CC2)c(CCN)c1. The highest BCUT2D eigenvalue weighted by Gasteiger charge is 2.28. The highest BCUT2D eigenvalue weighted by Crippen LogP contribution is 2.38. The standard InChI is InChI=1S/C14H18N4OS/c1-9-2-5-12(10(8-9)6-7-15)20-14-17-16-13(19)18(14)11-3-4-11/h2,5,8,11H,3-4,6-7,15H2,1H3,(H,16,19). The minimum absolute atomic E-state index is 0.109. The van der Waals surface area contributed by atoms with Crippen molar-refractivity contribution in [3.05, 3.63) is 39.8 Å². The second-order valence-electron chi connectivity index (χ2n) is 5.16. The van der Waals surface area contributed by atoms with E-state index in [1.54, 1.807) is 16.3 Å². The summed E-state index contributed by atoms with van der Waals surface area (Å²) in [6.07, 6.45) is 2.97. The van der Waals surface area contributed by atoms with Gasteiger partial charge in [-0.1, -0.05) is 17.7 Å². The average molecular weight is 290 g/mol. The third-order valence-electron chi connectivity index (χ3n) is 3.42. The molecule has 2 aromatic rings. The summed E-state index contributed by atoms with van der Waals surface area (Å²) >= 11 is 1.54. The highest BCUT2D eigenvalue weighted by atomic mass is 32.2. The quantitative estimate of drug-likeness (QED) is 0.881. The predicted molar refractivity (Wildman–Crippen MR) is 79.2 cm³/mol. The van der Waals surface area contributed by atoms with Crippen LogP contribution in [0.25, 0.3) is 0 Å². The Kier molecular flexibility index (Phi) is 3.67. The topological polar surface area (TPSA) is 76.7 Å². The number of aromatic nitrogens is 3. The van der Waals surface area contributed by atoms with Crippen molar-refractivity contribution in [2.75, 3.05) is 6.54 Å². The van der Waals surface area contributed by atoms with Crippen LogP contribution in [0.15, 0.2) is 33.0 Å². The van der Waals surface area contributed by atoms with Gasteiger partial charge in [0.25, 0.3) is 0 Å². The van der Waals surface area contributed by atoms with E-state index in [0.717, 1.165) is 29.3 Å². The molecule has 1 fully saturated rings. The summed E-state index contributed by atoms with van der Waals surface area (Å²) in [5, 5.41) is 7.46. The number of H-pyrrole nitrogens is 1. The van der Waals surface area contributed by atoms with E-state index in [1.165, 1.54) is 11.1 Å². The molecule has 3 rings (SSSR count). The molecule has 0 amide bonds. The van der Waals surface area contributed by atoms with Crippen LogP contribution < -0.4 is 11.4 Å². The minimum Gasteiger partial charge on any atom is -0.330 e. The zero-order chi connectivity index (χ0) is 14.1. The second kappa shape index (κ2) is 5.46. The Balaban J connectivity index is 1.93. The number of aryl methyl sites for hydroxylation is 1. The van der Waals surface area contributed by atoms with Crippen LogP contribution in [-0.4, -0.2) is 21.3 Å². The van der Waals surface area contributed by atoms with Crippen molar-refractivity contribution in [3.8, 4) is 0 Å². The van der Waals surface area contributed by atoms with Crippen LogP contribution in [0.3, 0.4) is 0 Å². The zero-order valence-corrected chi connectivity index (χ0v) is 12.2. The number of nitrogens with two attached hydrogens (primary N) is 1. The molecular formula is C14H18N4OS. The van der Waals surface area contributed by atoms with E-state index < -0.39 is 0 Å². The molecule has 1 saturated carbocycles. The van der Waals surface area contributed by atoms with E-state index in [9.17, 15) is 4.79 Å². The summed E-state index contributed by atoms with van der Waals surface area (Å²) in [5.74, 6) is 0. The van der Waals surface area contributed by atoms with Gasteiger partial charge in [-0.3, -0.25) is 4.57 Å². The molecule has 5 nitrogen and oxygen atoms in total. The van der Waals surface area contributed by atoms with Crippen molar-refractivity contribution in [3.63, 3.8) is 0 Å². The van der Waals surface area contributed by atoms with Gasteiger partial charge in [0.05, 0.1) is 0 Å². The van der Waals surface area contributed by atoms with Crippen LogP contribution in [-0.2, 0) is 6.42 Å². The lowest BCUT2D eigenvalue weighted by Crippen LogP contribution is -2.16. The maximum Gasteiger partial charge on any atom is 0.344 e. The van der Waals surface area contributed by atoms with Crippen molar-refractivity contribution in [1.82, 2.24) is 14.8 Å². The van der Waals surface area contributed by atoms with E-state index in [2.05, 4.69) is 35.3 Å². The van der Waals surface area contributed by atoms with Gasteiger partial charge in [-0.15, -0.1) is 5.10 Å². The second-order valence-corrected chi connectivity index (χ2v) is 6.17. The molecule has 0 saturated heterocycles. The fraction of sp³-hybridized carbons (Fsp3) is 0.429. The van der Waals surface area contributed by atoms with Crippen LogP contribution in [0.2, 0.25) is 0 Å². The number of benzene rings is 1. The third-order valence-corrected chi connectivity index (χ3v) is 4.50. The smallest absolute Gasteiger partial charge is 0.330 e. The molecule has 6 heteroatoms. The first-order chi connectivity index (χ1) is 9.69. The average Bonchev–Trinajstić information content (AvgIpc) is 3.18. The van der Waals surface area contributed by atoms with Crippen molar-refractivity contribution in [2.45, 2.75) is 42.3 Å². The van der Waals surface area contributed by atoms with E-state index in [1.807, 2.05) is 0 Å². The van der Waals surface area contributed by atoms with Gasteiger partial charge in [-0.05, 0) is 56.1 Å². The Labute approximate surface area is 121 Å². The largest absolute Gasteiger partial charge is 0.344 e. The molecule has 3 N–H and O–H groups in total. The van der Waals surface area contributed by atoms with Crippen LogP contribution >= 0.6 is 11.8 Å². The molecule has 20 heavy (non-hydrogen) atoms. The van der Waals surface area contributed by atoms with Gasteiger partial charge in [0.15, 0.2) is 5.16 Å². The molecule has 0 aliphatic heterocycles. The molecule has 0 spiro atoms. The van der Waals surface area contributed by atoms with Crippen LogP contribution in [0, 0.1) is 6.92 Å². The molecule has 0 radical (unpaired) electrons. The van der Waals surface area contributed by atoms with E-state index in [0.29, 0.717) is 12.6 Å². The number of nitrogens with one attached hydrogen (secondary N) is 1. The Morgan fingerprint density at radius 2 is 2.30 bits per heavy atom. The lowest BCUT2D eigenvalue weighted by molar-refractivity contribution is 0.642. The van der Waals surface area contributed by atoms with E-state index in [4.69, 9.17) is 5.73 Å². The van der Waals surface area contributed by atoms with E-state index in [-0.39, 0.29) is 5.69 Å². The predicted octanol–water partition coefficient (Wildman–Crippen LogP) is 1.87. The van der Waals surface area contributed by atoms with Gasteiger partial charge in [0.2, 0.25) is 0 Å². The van der Waals surface area contributed by atoms with Crippen molar-refractivity contribution < 1.29 is 0 Å². The zero-order valence-electron chi connectivity index (χ0n) is 11.4. The van der Waals surface area contributed by atoms with Gasteiger partial charge in [0.1, 0.15) is 0 Å². The summed E-state index contributed by atoms with van der Waals surface area (Å²) in [4.78, 5) is 12.9. The van der Waals surface area contributed by atoms with Gasteiger partial charge in [-0.2, -0.15) is 0 Å². The molecule has 0 atom stereocenters. The van der Waals surface area contributed by atoms with Crippen molar-refractivity contribution in [2.24, 2.45) is 5.73 Å². The fourth-order valence-electron chi connectivity index (χ4n) is 2.27. The molecular weight excluding hydrogens is 272 g/mol. The summed E-state index contributed by atoms with van der Waals surface area (Å²) in [6.45, 7) is 2.69. The van der Waals surface area contributed by atoms with Gasteiger partial charge < -0.3 is 5.73 Å². The van der Waals surface area contributed by atoms with Gasteiger partial charge >= 0.3 is 5.69 Å². The molecule has 0 unspecified atom stereocenters. The first kappa shape index (κ1) is 13.5. The first-order valence-electron chi connectivity index (χ1n) is 6.83. The Morgan fingerprint density at radius 3 is 3.00 bits per heavy atom. The summed E-state index contributed by atoms with van der Waals surface area (Å²) in [6, 6.07) is 6.64. The highest BCUT2D eigenvalue weighted by molar-refractivity contribution is 7.99. The maximum absolute atomic E-state index is 11.8. The number of hydrogen-bond acceptors (Lipinski definition) is 4. The van der Waals surface area contributed by atoms with Crippen LogP contribution in [0.5, 0.6) is 0 Å². The Hall–Kier alpha value is -1.53. The summed E-state index contributed by atoms with van der Waals surface area (Å²) in [7, 11) is 0. The first-order valence-corrected chi connectivity index (χ1v) is 7.65. The molecule has 1 aromatic heterocycles. The molecule has 1 aliphatic rings. The summed E-state index contributed by atoms with van der Waals surface area (Å²) in [5.41, 5.74) is 8.01. The number of hydrogen-bond donors (Lipinski definition) is 2. The van der Waals surface area contributed by atoms with Crippen molar-refractivity contribution in [1.29, 1.82) is 0 Å². The fourth-order valence-corrected chi connectivity index (χ4v) is 3.32. The van der Waals surface area contributed by atoms with Gasteiger partial charge in [-0.25, -0.2) is 9.89 Å². The monoisotopic (exact) mass is 290 g/mol. The minimum atomic E-state index is -0.109. The third kappa shape index (κ3) is 2.66. The lowest BCUT2D eigenvalue weighted by Gasteiger charge is -2.09. The Morgan fingerprint density at radius 1 is 1.50 bits per heavy atom. The number of aromatic amines is 1. The van der Waals surface area contributed by atoms with E-state index >= 15 is 0 Å². The van der Waals surface area contributed by atoms with Gasteiger partial charge in [0, 0.05) is 10.9 Å². The number of nitrogens with zero attached hydrogens (tertiary/aromatic N) is 2.